The van der Waals surface area contributed by atoms with E-state index in [1.54, 1.807) is 7.05 Å². The predicted molar refractivity (Wildman–Crippen MR) is 74.8 cm³/mol. The Bertz CT molecular complexity index is 430. The molecule has 0 fully saturated rings. The van der Waals surface area contributed by atoms with E-state index < -0.39 is 6.04 Å². The first-order valence-corrected chi connectivity index (χ1v) is 6.32. The van der Waals surface area contributed by atoms with Crippen molar-refractivity contribution in [1.82, 2.24) is 15.0 Å². The number of hydrogen-bond donors (Lipinski definition) is 2. The Morgan fingerprint density at radius 2 is 1.85 bits per heavy atom. The van der Waals surface area contributed by atoms with Gasteiger partial charge in [0, 0.05) is 7.05 Å². The van der Waals surface area contributed by atoms with Crippen molar-refractivity contribution in [2.45, 2.75) is 26.3 Å². The number of nitrogens with zero attached hydrogens (tertiary/aromatic N) is 3. The Labute approximate surface area is 118 Å². The molecule has 1 atom stereocenters. The summed E-state index contributed by atoms with van der Waals surface area (Å²) >= 11 is 0. The summed E-state index contributed by atoms with van der Waals surface area (Å²) in [5.41, 5.74) is 0. The van der Waals surface area contributed by atoms with E-state index in [4.69, 9.17) is 9.47 Å². The molecule has 0 saturated heterocycles. The fourth-order valence-electron chi connectivity index (χ4n) is 1.61. The average molecular weight is 283 g/mol. The monoisotopic (exact) mass is 283 g/mol. The van der Waals surface area contributed by atoms with Crippen LogP contribution >= 0.6 is 0 Å². The maximum Gasteiger partial charge on any atom is 0.328 e. The van der Waals surface area contributed by atoms with Gasteiger partial charge in [-0.05, 0) is 12.3 Å². The largest absolute Gasteiger partial charge is 0.467 e. The summed E-state index contributed by atoms with van der Waals surface area (Å²) in [6.45, 7) is 4.04. The predicted octanol–water partition coefficient (Wildman–Crippen LogP) is 0.921. The van der Waals surface area contributed by atoms with E-state index in [2.05, 4.69) is 25.6 Å². The molecule has 1 rings (SSSR count). The lowest BCUT2D eigenvalue weighted by Crippen LogP contribution is -2.33. The minimum atomic E-state index is -0.517. The summed E-state index contributed by atoms with van der Waals surface area (Å²) in [5, 5.41) is 5.75. The van der Waals surface area contributed by atoms with Crippen molar-refractivity contribution in [3.63, 3.8) is 0 Å². The van der Waals surface area contributed by atoms with E-state index in [0.717, 1.165) is 0 Å². The van der Waals surface area contributed by atoms with Crippen LogP contribution in [0.15, 0.2) is 0 Å². The Morgan fingerprint density at radius 3 is 2.35 bits per heavy atom. The first kappa shape index (κ1) is 15.9. The van der Waals surface area contributed by atoms with E-state index in [9.17, 15) is 4.79 Å². The maximum atomic E-state index is 11.8. The van der Waals surface area contributed by atoms with Gasteiger partial charge in [0.05, 0.1) is 14.2 Å². The lowest BCUT2D eigenvalue weighted by molar-refractivity contribution is -0.141. The number of rotatable bonds is 7. The van der Waals surface area contributed by atoms with Gasteiger partial charge in [0.15, 0.2) is 0 Å². The summed E-state index contributed by atoms with van der Waals surface area (Å²) in [4.78, 5) is 23.9. The van der Waals surface area contributed by atoms with Gasteiger partial charge in [0.25, 0.3) is 0 Å². The second kappa shape index (κ2) is 7.46. The lowest BCUT2D eigenvalue weighted by atomic mass is 10.0. The Hall–Kier alpha value is -2.12. The molecule has 0 spiro atoms. The summed E-state index contributed by atoms with van der Waals surface area (Å²) in [6.07, 6.45) is 0.607. The fourth-order valence-corrected chi connectivity index (χ4v) is 1.61. The first-order valence-electron chi connectivity index (χ1n) is 6.32. The quantitative estimate of drug-likeness (QED) is 0.713. The van der Waals surface area contributed by atoms with E-state index in [-0.39, 0.29) is 17.9 Å². The van der Waals surface area contributed by atoms with Crippen LogP contribution in [0.1, 0.15) is 20.3 Å². The molecule has 0 aliphatic carbocycles. The van der Waals surface area contributed by atoms with Crippen LogP contribution in [0.25, 0.3) is 0 Å². The van der Waals surface area contributed by atoms with E-state index in [1.165, 1.54) is 14.2 Å². The number of nitrogens with one attached hydrogen (secondary N) is 2. The van der Waals surface area contributed by atoms with E-state index >= 15 is 0 Å². The van der Waals surface area contributed by atoms with Crippen LogP contribution in [-0.4, -0.2) is 48.2 Å². The topological polar surface area (TPSA) is 98.3 Å². The third-order valence-electron chi connectivity index (χ3n) is 2.52. The zero-order valence-electron chi connectivity index (χ0n) is 12.4. The highest BCUT2D eigenvalue weighted by Crippen LogP contribution is 2.14. The summed E-state index contributed by atoms with van der Waals surface area (Å²) < 4.78 is 9.77. The van der Waals surface area contributed by atoms with Crippen molar-refractivity contribution in [3.8, 4) is 6.01 Å². The number of carbonyl (C=O) groups excluding carboxylic acids is 1. The van der Waals surface area contributed by atoms with Crippen LogP contribution in [0.4, 0.5) is 11.9 Å². The molecule has 8 heteroatoms. The number of methoxy groups -OCH3 is 2. The molecule has 1 aromatic rings. The molecule has 8 nitrogen and oxygen atoms in total. The van der Waals surface area contributed by atoms with Gasteiger partial charge in [-0.1, -0.05) is 13.8 Å². The smallest absolute Gasteiger partial charge is 0.328 e. The standard InChI is InChI=1S/C12H21N5O3/c1-7(2)6-8(9(18)19-4)14-11-15-10(13-3)16-12(17-11)20-5/h7-8H,6H2,1-5H3,(H2,13,14,15,16,17). The average Bonchev–Trinajstić information content (AvgIpc) is 2.44. The minimum absolute atomic E-state index is 0.167. The SMILES string of the molecule is CNc1nc(NC(CC(C)C)C(=O)OC)nc(OC)n1. The zero-order valence-corrected chi connectivity index (χ0v) is 12.4. The number of anilines is 2. The second-order valence-electron chi connectivity index (χ2n) is 4.57. The molecule has 1 aromatic heterocycles. The number of ether oxygens (including phenoxy) is 2. The molecular formula is C12H21N5O3. The van der Waals surface area contributed by atoms with Crippen molar-refractivity contribution in [2.75, 3.05) is 31.9 Å². The van der Waals surface area contributed by atoms with Gasteiger partial charge in [-0.25, -0.2) is 4.79 Å². The van der Waals surface area contributed by atoms with Crippen molar-refractivity contribution >= 4 is 17.9 Å². The maximum absolute atomic E-state index is 11.8. The molecular weight excluding hydrogens is 262 g/mol. The molecule has 1 heterocycles. The van der Waals surface area contributed by atoms with Crippen LogP contribution < -0.4 is 15.4 Å². The third-order valence-corrected chi connectivity index (χ3v) is 2.52. The van der Waals surface area contributed by atoms with Crippen LogP contribution in [0.3, 0.4) is 0 Å². The lowest BCUT2D eigenvalue weighted by Gasteiger charge is -2.18. The van der Waals surface area contributed by atoms with Gasteiger partial charge in [0.1, 0.15) is 6.04 Å². The van der Waals surface area contributed by atoms with Gasteiger partial charge < -0.3 is 20.1 Å². The van der Waals surface area contributed by atoms with Crippen molar-refractivity contribution in [2.24, 2.45) is 5.92 Å². The molecule has 112 valence electrons. The van der Waals surface area contributed by atoms with E-state index in [1.807, 2.05) is 13.8 Å². The highest BCUT2D eigenvalue weighted by molar-refractivity contribution is 5.78. The molecule has 0 aliphatic heterocycles. The molecule has 0 amide bonds. The molecule has 0 bridgehead atoms. The van der Waals surface area contributed by atoms with Crippen molar-refractivity contribution < 1.29 is 14.3 Å². The third kappa shape index (κ3) is 4.52. The van der Waals surface area contributed by atoms with Crippen LogP contribution in [0.2, 0.25) is 0 Å². The fraction of sp³-hybridized carbons (Fsp3) is 0.667. The van der Waals surface area contributed by atoms with E-state index in [0.29, 0.717) is 18.3 Å². The Morgan fingerprint density at radius 1 is 1.20 bits per heavy atom. The molecule has 20 heavy (non-hydrogen) atoms. The van der Waals surface area contributed by atoms with Crippen molar-refractivity contribution in [1.29, 1.82) is 0 Å². The number of esters is 1. The summed E-state index contributed by atoms with van der Waals surface area (Å²) in [5.74, 6) is 0.577. The molecule has 0 aliphatic rings. The first-order chi connectivity index (χ1) is 9.49. The molecule has 0 saturated carbocycles. The summed E-state index contributed by atoms with van der Waals surface area (Å²) in [6, 6.07) is -0.350. The number of aromatic nitrogens is 3. The van der Waals surface area contributed by atoms with Gasteiger partial charge in [-0.15, -0.1) is 0 Å². The van der Waals surface area contributed by atoms with Gasteiger partial charge in [-0.3, -0.25) is 0 Å². The highest BCUT2D eigenvalue weighted by atomic mass is 16.5. The minimum Gasteiger partial charge on any atom is -0.467 e. The van der Waals surface area contributed by atoms with Gasteiger partial charge in [0.2, 0.25) is 11.9 Å². The highest BCUT2D eigenvalue weighted by Gasteiger charge is 2.22. The molecule has 0 radical (unpaired) electrons. The van der Waals surface area contributed by atoms with Crippen LogP contribution in [0.5, 0.6) is 6.01 Å². The Kier molecular flexibility index (Phi) is 5.95. The summed E-state index contributed by atoms with van der Waals surface area (Å²) in [7, 11) is 4.50. The van der Waals surface area contributed by atoms with Crippen LogP contribution in [0, 0.1) is 5.92 Å². The zero-order chi connectivity index (χ0) is 15.1. The van der Waals surface area contributed by atoms with Crippen molar-refractivity contribution in [3.05, 3.63) is 0 Å². The molecule has 1 unspecified atom stereocenters. The number of hydrogen-bond acceptors (Lipinski definition) is 8. The number of carbonyl (C=O) groups is 1. The Balaban J connectivity index is 2.94. The second-order valence-corrected chi connectivity index (χ2v) is 4.57. The van der Waals surface area contributed by atoms with Gasteiger partial charge in [-0.2, -0.15) is 15.0 Å². The molecule has 2 N–H and O–H groups in total. The van der Waals surface area contributed by atoms with Gasteiger partial charge >= 0.3 is 12.0 Å². The van der Waals surface area contributed by atoms with Crippen LogP contribution in [-0.2, 0) is 9.53 Å². The normalized spacial score (nSPS) is 11.9. The molecule has 0 aromatic carbocycles.